The number of anilines is 1. The van der Waals surface area contributed by atoms with Gasteiger partial charge in [-0.3, -0.25) is 4.79 Å². The first kappa shape index (κ1) is 10.1. The zero-order valence-corrected chi connectivity index (χ0v) is 8.61. The first-order valence-electron chi connectivity index (χ1n) is 4.15. The van der Waals surface area contributed by atoms with E-state index in [4.69, 9.17) is 0 Å². The number of methoxy groups -OCH3 is 1. The van der Waals surface area contributed by atoms with Crippen LogP contribution in [0.25, 0.3) is 0 Å². The van der Waals surface area contributed by atoms with Crippen molar-refractivity contribution in [1.29, 1.82) is 0 Å². The second kappa shape index (κ2) is 4.87. The van der Waals surface area contributed by atoms with Crippen LogP contribution in [0.3, 0.4) is 0 Å². The SMILES string of the molecule is CCNc1ccsc1CC(=O)OC. The summed E-state index contributed by atoms with van der Waals surface area (Å²) in [5.41, 5.74) is 1.04. The molecule has 0 fully saturated rings. The van der Waals surface area contributed by atoms with Crippen LogP contribution >= 0.6 is 11.3 Å². The third-order valence-corrected chi connectivity index (χ3v) is 2.57. The van der Waals surface area contributed by atoms with Gasteiger partial charge < -0.3 is 10.1 Å². The second-order valence-electron chi connectivity index (χ2n) is 2.54. The normalized spacial score (nSPS) is 9.69. The Hall–Kier alpha value is -1.03. The standard InChI is InChI=1S/C9H13NO2S/c1-3-10-7-4-5-13-8(7)6-9(11)12-2/h4-5,10H,3,6H2,1-2H3. The van der Waals surface area contributed by atoms with Crippen molar-refractivity contribution in [2.24, 2.45) is 0 Å². The molecule has 0 unspecified atom stereocenters. The highest BCUT2D eigenvalue weighted by molar-refractivity contribution is 7.10. The van der Waals surface area contributed by atoms with E-state index in [9.17, 15) is 4.79 Å². The number of carbonyl (C=O) groups is 1. The monoisotopic (exact) mass is 199 g/mol. The molecule has 72 valence electrons. The summed E-state index contributed by atoms with van der Waals surface area (Å²) in [5.74, 6) is -0.193. The number of hydrogen-bond acceptors (Lipinski definition) is 4. The largest absolute Gasteiger partial charge is 0.469 e. The predicted molar refractivity (Wildman–Crippen MR) is 54.2 cm³/mol. The molecule has 13 heavy (non-hydrogen) atoms. The van der Waals surface area contributed by atoms with Crippen LogP contribution in [-0.4, -0.2) is 19.6 Å². The fraction of sp³-hybridized carbons (Fsp3) is 0.444. The van der Waals surface area contributed by atoms with Gasteiger partial charge in [-0.1, -0.05) is 0 Å². The maximum atomic E-state index is 11.0. The molecule has 0 atom stereocenters. The van der Waals surface area contributed by atoms with Gasteiger partial charge in [0, 0.05) is 17.1 Å². The number of esters is 1. The number of thiophene rings is 1. The van der Waals surface area contributed by atoms with Crippen molar-refractivity contribution in [1.82, 2.24) is 0 Å². The van der Waals surface area contributed by atoms with Crippen LogP contribution in [0.2, 0.25) is 0 Å². The summed E-state index contributed by atoms with van der Waals surface area (Å²) < 4.78 is 4.60. The number of hydrogen-bond donors (Lipinski definition) is 1. The molecular formula is C9H13NO2S. The lowest BCUT2D eigenvalue weighted by Gasteiger charge is -2.03. The van der Waals surface area contributed by atoms with Crippen LogP contribution in [0.15, 0.2) is 11.4 Å². The maximum Gasteiger partial charge on any atom is 0.310 e. The van der Waals surface area contributed by atoms with Crippen LogP contribution in [0.5, 0.6) is 0 Å². The zero-order valence-electron chi connectivity index (χ0n) is 7.79. The molecule has 0 bridgehead atoms. The smallest absolute Gasteiger partial charge is 0.310 e. The summed E-state index contributed by atoms with van der Waals surface area (Å²) in [6, 6.07) is 1.98. The summed E-state index contributed by atoms with van der Waals surface area (Å²) in [6.07, 6.45) is 0.358. The molecule has 1 aromatic heterocycles. The topological polar surface area (TPSA) is 38.3 Å². The third kappa shape index (κ3) is 2.73. The Morgan fingerprint density at radius 3 is 3.08 bits per heavy atom. The molecule has 0 spiro atoms. The highest BCUT2D eigenvalue weighted by Gasteiger charge is 2.08. The average Bonchev–Trinajstić information content (AvgIpc) is 2.54. The lowest BCUT2D eigenvalue weighted by Crippen LogP contribution is -2.05. The molecule has 0 saturated carbocycles. The fourth-order valence-electron chi connectivity index (χ4n) is 1.03. The summed E-state index contributed by atoms with van der Waals surface area (Å²) in [4.78, 5) is 12.0. The summed E-state index contributed by atoms with van der Waals surface area (Å²) in [6.45, 7) is 2.89. The van der Waals surface area contributed by atoms with E-state index >= 15 is 0 Å². The molecule has 0 amide bonds. The van der Waals surface area contributed by atoms with Crippen molar-refractivity contribution >= 4 is 23.0 Å². The van der Waals surface area contributed by atoms with E-state index in [1.165, 1.54) is 7.11 Å². The van der Waals surface area contributed by atoms with Gasteiger partial charge in [-0.2, -0.15) is 0 Å². The van der Waals surface area contributed by atoms with Crippen LogP contribution in [0, 0.1) is 0 Å². The second-order valence-corrected chi connectivity index (χ2v) is 3.54. The lowest BCUT2D eigenvalue weighted by molar-refractivity contribution is -0.139. The van der Waals surface area contributed by atoms with E-state index in [0.717, 1.165) is 17.1 Å². The van der Waals surface area contributed by atoms with Crippen LogP contribution in [0.4, 0.5) is 5.69 Å². The Balaban J connectivity index is 2.64. The molecule has 1 N–H and O–H groups in total. The minimum Gasteiger partial charge on any atom is -0.469 e. The molecule has 0 aliphatic heterocycles. The molecule has 1 aromatic rings. The molecule has 0 aliphatic carbocycles. The van der Waals surface area contributed by atoms with Crippen molar-refractivity contribution in [3.8, 4) is 0 Å². The van der Waals surface area contributed by atoms with Gasteiger partial charge in [-0.25, -0.2) is 0 Å². The van der Waals surface area contributed by atoms with Gasteiger partial charge in [0.25, 0.3) is 0 Å². The molecule has 0 saturated heterocycles. The van der Waals surface area contributed by atoms with Crippen molar-refractivity contribution in [3.05, 3.63) is 16.3 Å². The Morgan fingerprint density at radius 2 is 2.46 bits per heavy atom. The average molecular weight is 199 g/mol. The Labute approximate surface area is 81.7 Å². The van der Waals surface area contributed by atoms with Crippen molar-refractivity contribution in [3.63, 3.8) is 0 Å². The highest BCUT2D eigenvalue weighted by atomic mass is 32.1. The Morgan fingerprint density at radius 1 is 1.69 bits per heavy atom. The number of rotatable bonds is 4. The molecule has 3 nitrogen and oxygen atoms in total. The quantitative estimate of drug-likeness (QED) is 0.753. The molecular weight excluding hydrogens is 186 g/mol. The third-order valence-electron chi connectivity index (χ3n) is 1.65. The van der Waals surface area contributed by atoms with Gasteiger partial charge in [0.05, 0.1) is 13.5 Å². The van der Waals surface area contributed by atoms with Crippen molar-refractivity contribution < 1.29 is 9.53 Å². The van der Waals surface area contributed by atoms with Crippen LogP contribution in [0.1, 0.15) is 11.8 Å². The predicted octanol–water partition coefficient (Wildman–Crippen LogP) is 1.90. The van der Waals surface area contributed by atoms with Gasteiger partial charge in [0.1, 0.15) is 0 Å². The van der Waals surface area contributed by atoms with Gasteiger partial charge in [0.2, 0.25) is 0 Å². The fourth-order valence-corrected chi connectivity index (χ4v) is 1.87. The van der Waals surface area contributed by atoms with Gasteiger partial charge in [-0.15, -0.1) is 11.3 Å². The molecule has 0 aliphatic rings. The zero-order chi connectivity index (χ0) is 9.68. The minimum atomic E-state index is -0.193. The molecule has 0 radical (unpaired) electrons. The van der Waals surface area contributed by atoms with Gasteiger partial charge in [-0.05, 0) is 18.4 Å². The van der Waals surface area contributed by atoms with E-state index in [1.807, 2.05) is 18.4 Å². The van der Waals surface area contributed by atoms with Gasteiger partial charge in [0.15, 0.2) is 0 Å². The first-order valence-corrected chi connectivity index (χ1v) is 5.03. The van der Waals surface area contributed by atoms with Crippen LogP contribution < -0.4 is 5.32 Å². The Kier molecular flexibility index (Phi) is 3.76. The lowest BCUT2D eigenvalue weighted by atomic mass is 10.3. The van der Waals surface area contributed by atoms with E-state index in [1.54, 1.807) is 11.3 Å². The molecule has 1 heterocycles. The number of carbonyl (C=O) groups excluding carboxylic acids is 1. The van der Waals surface area contributed by atoms with Crippen molar-refractivity contribution in [2.75, 3.05) is 19.0 Å². The van der Waals surface area contributed by atoms with E-state index in [0.29, 0.717) is 6.42 Å². The first-order chi connectivity index (χ1) is 6.27. The van der Waals surface area contributed by atoms with E-state index in [-0.39, 0.29) is 5.97 Å². The van der Waals surface area contributed by atoms with E-state index in [2.05, 4.69) is 10.1 Å². The Bertz CT molecular complexity index is 283. The highest BCUT2D eigenvalue weighted by Crippen LogP contribution is 2.22. The summed E-state index contributed by atoms with van der Waals surface area (Å²) in [5, 5.41) is 5.16. The van der Waals surface area contributed by atoms with Gasteiger partial charge >= 0.3 is 5.97 Å². The number of ether oxygens (including phenoxy) is 1. The minimum absolute atomic E-state index is 0.193. The number of nitrogens with one attached hydrogen (secondary N) is 1. The molecule has 4 heteroatoms. The van der Waals surface area contributed by atoms with E-state index < -0.39 is 0 Å². The summed E-state index contributed by atoms with van der Waals surface area (Å²) in [7, 11) is 1.41. The molecule has 0 aromatic carbocycles. The summed E-state index contributed by atoms with van der Waals surface area (Å²) >= 11 is 1.57. The van der Waals surface area contributed by atoms with Crippen LogP contribution in [-0.2, 0) is 16.0 Å². The van der Waals surface area contributed by atoms with Crippen molar-refractivity contribution in [2.45, 2.75) is 13.3 Å². The maximum absolute atomic E-state index is 11.0. The molecule has 1 rings (SSSR count).